The van der Waals surface area contributed by atoms with Gasteiger partial charge in [0.25, 0.3) is 0 Å². The highest BCUT2D eigenvalue weighted by Gasteiger charge is 2.11. The van der Waals surface area contributed by atoms with Gasteiger partial charge in [0.05, 0.1) is 4.70 Å². The molecule has 0 aliphatic heterocycles. The SMILES string of the molecule is Nc1cccc2c1c(N)cc1sc(=O)oc12. The van der Waals surface area contributed by atoms with Crippen LogP contribution in [-0.2, 0) is 0 Å². The molecule has 0 spiro atoms. The van der Waals surface area contributed by atoms with Crippen molar-refractivity contribution < 1.29 is 4.42 Å². The first-order chi connectivity index (χ1) is 7.66. The van der Waals surface area contributed by atoms with E-state index in [9.17, 15) is 4.79 Å². The first kappa shape index (κ1) is 9.23. The van der Waals surface area contributed by atoms with E-state index in [1.807, 2.05) is 12.1 Å². The Labute approximate surface area is 94.1 Å². The molecule has 1 aromatic heterocycles. The van der Waals surface area contributed by atoms with Crippen LogP contribution in [0.1, 0.15) is 0 Å². The molecular weight excluding hydrogens is 224 g/mol. The Kier molecular flexibility index (Phi) is 1.73. The average molecular weight is 232 g/mol. The molecule has 4 nitrogen and oxygen atoms in total. The fourth-order valence-corrected chi connectivity index (χ4v) is 2.60. The maximum atomic E-state index is 11.2. The summed E-state index contributed by atoms with van der Waals surface area (Å²) >= 11 is 1.04. The van der Waals surface area contributed by atoms with E-state index in [0.717, 1.165) is 26.8 Å². The van der Waals surface area contributed by atoms with Crippen LogP contribution in [0.25, 0.3) is 21.1 Å². The molecule has 0 fully saturated rings. The second-order valence-corrected chi connectivity index (χ2v) is 4.49. The fraction of sp³-hybridized carbons (Fsp3) is 0. The molecule has 0 amide bonds. The number of nitrogen functional groups attached to an aromatic ring is 2. The van der Waals surface area contributed by atoms with E-state index < -0.39 is 0 Å². The third kappa shape index (κ3) is 1.12. The van der Waals surface area contributed by atoms with E-state index in [1.165, 1.54) is 0 Å². The lowest BCUT2D eigenvalue weighted by atomic mass is 10.1. The van der Waals surface area contributed by atoms with E-state index in [-0.39, 0.29) is 4.94 Å². The molecule has 5 heteroatoms. The van der Waals surface area contributed by atoms with E-state index >= 15 is 0 Å². The van der Waals surface area contributed by atoms with Crippen LogP contribution in [-0.4, -0.2) is 0 Å². The van der Waals surface area contributed by atoms with Crippen molar-refractivity contribution in [2.24, 2.45) is 0 Å². The van der Waals surface area contributed by atoms with Gasteiger partial charge in [0.1, 0.15) is 0 Å². The monoisotopic (exact) mass is 232 g/mol. The van der Waals surface area contributed by atoms with Crippen LogP contribution in [0, 0.1) is 0 Å². The van der Waals surface area contributed by atoms with Crippen LogP contribution in [0.15, 0.2) is 33.5 Å². The molecule has 0 aliphatic carbocycles. The summed E-state index contributed by atoms with van der Waals surface area (Å²) in [7, 11) is 0. The summed E-state index contributed by atoms with van der Waals surface area (Å²) in [5.74, 6) is 0. The molecule has 3 rings (SSSR count). The molecule has 4 N–H and O–H groups in total. The number of fused-ring (bicyclic) bond motifs is 3. The van der Waals surface area contributed by atoms with Crippen LogP contribution in [0.4, 0.5) is 11.4 Å². The molecule has 1 heterocycles. The van der Waals surface area contributed by atoms with Gasteiger partial charge in [-0.2, -0.15) is 0 Å². The Morgan fingerprint density at radius 3 is 2.81 bits per heavy atom. The topological polar surface area (TPSA) is 82.2 Å². The number of nitrogens with two attached hydrogens (primary N) is 2. The Morgan fingerprint density at radius 2 is 2.00 bits per heavy atom. The highest BCUT2D eigenvalue weighted by atomic mass is 32.1. The highest BCUT2D eigenvalue weighted by molar-refractivity contribution is 7.16. The second kappa shape index (κ2) is 2.99. The fourth-order valence-electron chi connectivity index (χ4n) is 1.87. The predicted molar refractivity (Wildman–Crippen MR) is 66.7 cm³/mol. The largest absolute Gasteiger partial charge is 0.413 e. The molecule has 3 aromatic rings. The Morgan fingerprint density at radius 1 is 1.19 bits per heavy atom. The van der Waals surface area contributed by atoms with Crippen molar-refractivity contribution >= 4 is 43.8 Å². The number of hydrogen-bond donors (Lipinski definition) is 2. The molecule has 0 aliphatic rings. The van der Waals surface area contributed by atoms with Crippen LogP contribution in [0.3, 0.4) is 0 Å². The predicted octanol–water partition coefficient (Wildman–Crippen LogP) is 2.17. The van der Waals surface area contributed by atoms with E-state index in [0.29, 0.717) is 17.0 Å². The minimum Gasteiger partial charge on any atom is -0.413 e. The van der Waals surface area contributed by atoms with Gasteiger partial charge in [0.2, 0.25) is 0 Å². The summed E-state index contributed by atoms with van der Waals surface area (Å²) in [4.78, 5) is 10.9. The van der Waals surface area contributed by atoms with Gasteiger partial charge in [-0.05, 0) is 12.1 Å². The van der Waals surface area contributed by atoms with Gasteiger partial charge in [0.15, 0.2) is 5.58 Å². The van der Waals surface area contributed by atoms with Gasteiger partial charge >= 0.3 is 4.94 Å². The molecule has 16 heavy (non-hydrogen) atoms. The number of benzene rings is 2. The average Bonchev–Trinajstić information content (AvgIpc) is 2.58. The minimum atomic E-state index is -0.329. The van der Waals surface area contributed by atoms with Gasteiger partial charge in [-0.3, -0.25) is 0 Å². The number of rotatable bonds is 0. The molecule has 0 bridgehead atoms. The summed E-state index contributed by atoms with van der Waals surface area (Å²) < 4.78 is 5.89. The van der Waals surface area contributed by atoms with Crippen LogP contribution >= 0.6 is 11.3 Å². The first-order valence-corrected chi connectivity index (χ1v) is 5.49. The summed E-state index contributed by atoms with van der Waals surface area (Å²) in [5.41, 5.74) is 13.5. The standard InChI is InChI=1S/C11H8N2O2S/c12-6-3-1-2-5-9(6)7(13)4-8-10(5)15-11(14)16-8/h1-4H,12-13H2. The first-order valence-electron chi connectivity index (χ1n) is 4.67. The maximum Gasteiger partial charge on any atom is 0.396 e. The van der Waals surface area contributed by atoms with E-state index in [4.69, 9.17) is 15.9 Å². The summed E-state index contributed by atoms with van der Waals surface area (Å²) in [6, 6.07) is 7.16. The van der Waals surface area contributed by atoms with Crippen LogP contribution < -0.4 is 16.4 Å². The molecule has 0 saturated carbocycles. The maximum absolute atomic E-state index is 11.2. The van der Waals surface area contributed by atoms with E-state index in [1.54, 1.807) is 12.1 Å². The normalized spacial score (nSPS) is 11.2. The Balaban J connectivity index is 2.69. The van der Waals surface area contributed by atoms with Crippen molar-refractivity contribution in [3.05, 3.63) is 34.0 Å². The zero-order valence-electron chi connectivity index (χ0n) is 8.19. The highest BCUT2D eigenvalue weighted by Crippen LogP contribution is 2.34. The molecule has 0 atom stereocenters. The van der Waals surface area contributed by atoms with Crippen molar-refractivity contribution in [1.82, 2.24) is 0 Å². The lowest BCUT2D eigenvalue weighted by Crippen LogP contribution is -1.92. The van der Waals surface area contributed by atoms with Gasteiger partial charge in [-0.15, -0.1) is 0 Å². The zero-order chi connectivity index (χ0) is 11.3. The number of anilines is 2. The van der Waals surface area contributed by atoms with Crippen LogP contribution in [0.2, 0.25) is 0 Å². The Bertz CT molecular complexity index is 758. The minimum absolute atomic E-state index is 0.329. The molecule has 80 valence electrons. The second-order valence-electron chi connectivity index (χ2n) is 3.52. The van der Waals surface area contributed by atoms with Crippen LogP contribution in [0.5, 0.6) is 0 Å². The summed E-state index contributed by atoms with van der Waals surface area (Å²) in [5, 5.41) is 1.53. The molecule has 0 radical (unpaired) electrons. The summed E-state index contributed by atoms with van der Waals surface area (Å²) in [6.45, 7) is 0. The number of hydrogen-bond acceptors (Lipinski definition) is 5. The van der Waals surface area contributed by atoms with Crippen molar-refractivity contribution in [1.29, 1.82) is 0 Å². The van der Waals surface area contributed by atoms with Crippen molar-refractivity contribution in [3.8, 4) is 0 Å². The molecule has 0 unspecified atom stereocenters. The lowest BCUT2D eigenvalue weighted by molar-refractivity contribution is 0.589. The third-order valence-corrected chi connectivity index (χ3v) is 3.29. The van der Waals surface area contributed by atoms with Gasteiger partial charge in [0, 0.05) is 22.1 Å². The third-order valence-electron chi connectivity index (χ3n) is 2.52. The molecule has 2 aromatic carbocycles. The van der Waals surface area contributed by atoms with Crippen molar-refractivity contribution in [3.63, 3.8) is 0 Å². The Hall–Kier alpha value is -2.01. The van der Waals surface area contributed by atoms with Crippen molar-refractivity contribution in [2.45, 2.75) is 0 Å². The zero-order valence-corrected chi connectivity index (χ0v) is 9.01. The quantitative estimate of drug-likeness (QED) is 0.582. The van der Waals surface area contributed by atoms with Crippen molar-refractivity contribution in [2.75, 3.05) is 11.5 Å². The van der Waals surface area contributed by atoms with Gasteiger partial charge in [-0.1, -0.05) is 23.5 Å². The van der Waals surface area contributed by atoms with Gasteiger partial charge in [-0.25, -0.2) is 4.79 Å². The van der Waals surface area contributed by atoms with Gasteiger partial charge < -0.3 is 15.9 Å². The molecular formula is C11H8N2O2S. The lowest BCUT2D eigenvalue weighted by Gasteiger charge is -2.05. The summed E-state index contributed by atoms with van der Waals surface area (Å²) in [6.07, 6.45) is 0. The molecule has 0 saturated heterocycles. The van der Waals surface area contributed by atoms with E-state index in [2.05, 4.69) is 0 Å². The smallest absolute Gasteiger partial charge is 0.396 e.